The Morgan fingerprint density at radius 2 is 1.59 bits per heavy atom. The highest BCUT2D eigenvalue weighted by atomic mass is 32.2. The van der Waals surface area contributed by atoms with Crippen molar-refractivity contribution in [1.29, 1.82) is 0 Å². The molecule has 2 aliphatic heterocycles. The highest BCUT2D eigenvalue weighted by Crippen LogP contribution is 2.44. The minimum Gasteiger partial charge on any atom is -0.468 e. The minimum absolute atomic E-state index is 0.253. The number of unbranched alkanes of at least 4 members (excludes halogenated alkanes) is 12. The molecule has 7 heteroatoms. The molecule has 278 valence electrons. The number of allylic oxidation sites excluding steroid dienone is 1. The molecule has 0 aromatic heterocycles. The summed E-state index contributed by atoms with van der Waals surface area (Å²) in [7, 11) is 0. The highest BCUT2D eigenvalue weighted by Gasteiger charge is 2.37. The molecule has 0 radical (unpaired) electrons. The molecular formula is C44H62N2O4S. The first-order chi connectivity index (χ1) is 24.9. The summed E-state index contributed by atoms with van der Waals surface area (Å²) in [6, 6.07) is 13.0. The second-order valence-corrected chi connectivity index (χ2v) is 15.3. The molecule has 0 aliphatic carbocycles. The smallest absolute Gasteiger partial charge is 0.336 e. The van der Waals surface area contributed by atoms with Gasteiger partial charge in [-0.1, -0.05) is 114 Å². The van der Waals surface area contributed by atoms with E-state index in [0.29, 0.717) is 30.8 Å². The van der Waals surface area contributed by atoms with Gasteiger partial charge in [-0.3, -0.25) is 4.79 Å². The van der Waals surface area contributed by atoms with Gasteiger partial charge in [0.05, 0.1) is 29.5 Å². The predicted molar refractivity (Wildman–Crippen MR) is 214 cm³/mol. The Hall–Kier alpha value is -3.32. The Bertz CT molecular complexity index is 1540. The van der Waals surface area contributed by atoms with E-state index < -0.39 is 0 Å². The third-order valence-electron chi connectivity index (χ3n) is 10.3. The maximum atomic E-state index is 14.0. The van der Waals surface area contributed by atoms with E-state index in [2.05, 4.69) is 69.4 Å². The van der Waals surface area contributed by atoms with Crippen LogP contribution < -0.4 is 5.32 Å². The number of hydrogen-bond donors (Lipinski definition) is 1. The highest BCUT2D eigenvalue weighted by molar-refractivity contribution is 8.14. The molecular weight excluding hydrogens is 653 g/mol. The van der Waals surface area contributed by atoms with Crippen LogP contribution in [0.15, 0.2) is 63.9 Å². The number of nitrogens with one attached hydrogen (secondary N) is 1. The van der Waals surface area contributed by atoms with Crippen molar-refractivity contribution in [2.24, 2.45) is 4.99 Å². The van der Waals surface area contributed by atoms with Gasteiger partial charge in [-0.2, -0.15) is 0 Å². The van der Waals surface area contributed by atoms with Crippen LogP contribution >= 0.6 is 11.8 Å². The van der Waals surface area contributed by atoms with E-state index in [1.807, 2.05) is 6.92 Å². The number of ether oxygens (including phenoxy) is 2. The van der Waals surface area contributed by atoms with Gasteiger partial charge in [0.2, 0.25) is 0 Å². The normalized spacial score (nSPS) is 15.5. The lowest BCUT2D eigenvalue weighted by Gasteiger charge is -2.34. The number of hydrogen-bond acceptors (Lipinski definition) is 7. The quantitative estimate of drug-likeness (QED) is 0.0701. The summed E-state index contributed by atoms with van der Waals surface area (Å²) in [5.41, 5.74) is 10.7. The number of dihydropyridines is 1. The van der Waals surface area contributed by atoms with Crippen molar-refractivity contribution < 1.29 is 19.1 Å². The molecule has 0 fully saturated rings. The summed E-state index contributed by atoms with van der Waals surface area (Å²) in [5.74, 6) is -0.0135. The molecule has 2 aromatic carbocycles. The Morgan fingerprint density at radius 1 is 0.902 bits per heavy atom. The third kappa shape index (κ3) is 12.1. The molecule has 2 aliphatic rings. The van der Waals surface area contributed by atoms with Gasteiger partial charge in [-0.05, 0) is 80.0 Å². The molecule has 1 N–H and O–H groups in total. The summed E-state index contributed by atoms with van der Waals surface area (Å²) in [6.45, 7) is 11.5. The van der Waals surface area contributed by atoms with Gasteiger partial charge in [0, 0.05) is 35.9 Å². The standard InChI is InChI=1S/C44H62N2O4S/c1-6-8-9-10-11-12-13-14-15-16-17-18-19-22-35-23-20-21-33(4)41(35)42-37(26-27-49-31-47)34(5)45-39(43(42)44(48)50-7-2)30-51-40-29-36-25-24-32(3)28-38(36)46-40/h20-21,23-25,28,31,42,45H,6-19,22,26-27,29-30H2,1-5H3. The lowest BCUT2D eigenvalue weighted by atomic mass is 9.75. The fraction of sp³-hybridized carbons (Fsp3) is 0.568. The monoisotopic (exact) mass is 714 g/mol. The number of benzene rings is 2. The number of nitrogens with zero attached hydrogens (tertiary/aromatic N) is 1. The van der Waals surface area contributed by atoms with Gasteiger partial charge in [-0.25, -0.2) is 9.79 Å². The van der Waals surface area contributed by atoms with E-state index in [9.17, 15) is 9.59 Å². The zero-order valence-corrected chi connectivity index (χ0v) is 32.9. The summed E-state index contributed by atoms with van der Waals surface area (Å²) in [6.07, 6.45) is 19.5. The Balaban J connectivity index is 1.50. The molecule has 2 aromatic rings. The van der Waals surface area contributed by atoms with Crippen LogP contribution in [-0.2, 0) is 31.9 Å². The molecule has 1 unspecified atom stereocenters. The number of aliphatic imine (C=N–C) groups is 1. The lowest BCUT2D eigenvalue weighted by molar-refractivity contribution is -0.139. The second kappa shape index (κ2) is 21.9. The number of esters is 1. The number of aryl methyl sites for hydroxylation is 3. The van der Waals surface area contributed by atoms with E-state index in [1.165, 1.54) is 99.3 Å². The van der Waals surface area contributed by atoms with Crippen molar-refractivity contribution in [3.63, 3.8) is 0 Å². The fourth-order valence-corrected chi connectivity index (χ4v) is 8.54. The van der Waals surface area contributed by atoms with Crippen LogP contribution in [0.5, 0.6) is 0 Å². The zero-order chi connectivity index (χ0) is 36.4. The Labute approximate surface area is 312 Å². The van der Waals surface area contributed by atoms with Crippen LogP contribution in [-0.4, -0.2) is 36.5 Å². The van der Waals surface area contributed by atoms with Crippen LogP contribution in [0, 0.1) is 13.8 Å². The van der Waals surface area contributed by atoms with Crippen molar-refractivity contribution in [2.45, 2.75) is 143 Å². The molecule has 0 saturated heterocycles. The summed E-state index contributed by atoms with van der Waals surface area (Å²) >= 11 is 1.68. The van der Waals surface area contributed by atoms with Crippen LogP contribution in [0.4, 0.5) is 5.69 Å². The van der Waals surface area contributed by atoms with Crippen LogP contribution in [0.3, 0.4) is 0 Å². The summed E-state index contributed by atoms with van der Waals surface area (Å²) in [5, 5.41) is 4.66. The zero-order valence-electron chi connectivity index (χ0n) is 32.0. The first-order valence-electron chi connectivity index (χ1n) is 19.7. The van der Waals surface area contributed by atoms with Gasteiger partial charge < -0.3 is 14.8 Å². The average molecular weight is 715 g/mol. The van der Waals surface area contributed by atoms with Gasteiger partial charge in [-0.15, -0.1) is 11.8 Å². The SMILES string of the molecule is CCCCCCCCCCCCCCCc1cccc(C)c1C1C(CCOC=O)=C(C)NC(CSC2=Nc3cc(C)ccc3C2)=C1C(=O)OCC. The largest absolute Gasteiger partial charge is 0.468 e. The van der Waals surface area contributed by atoms with Gasteiger partial charge in [0.25, 0.3) is 6.47 Å². The average Bonchev–Trinajstić information content (AvgIpc) is 3.52. The molecule has 0 bridgehead atoms. The van der Waals surface area contributed by atoms with Crippen molar-refractivity contribution in [1.82, 2.24) is 5.32 Å². The maximum absolute atomic E-state index is 14.0. The molecule has 1 atom stereocenters. The molecule has 0 saturated carbocycles. The number of carbonyl (C=O) groups is 2. The molecule has 0 spiro atoms. The van der Waals surface area contributed by atoms with Gasteiger partial charge >= 0.3 is 5.97 Å². The molecule has 6 nitrogen and oxygen atoms in total. The number of thioether (sulfide) groups is 1. The first-order valence-corrected chi connectivity index (χ1v) is 20.7. The van der Waals surface area contributed by atoms with E-state index in [1.54, 1.807) is 11.8 Å². The Kier molecular flexibility index (Phi) is 17.4. The lowest BCUT2D eigenvalue weighted by Crippen LogP contribution is -2.32. The van der Waals surface area contributed by atoms with Crippen molar-refractivity contribution in [3.8, 4) is 0 Å². The van der Waals surface area contributed by atoms with Crippen LogP contribution in [0.25, 0.3) is 0 Å². The van der Waals surface area contributed by atoms with E-state index in [-0.39, 0.29) is 18.5 Å². The second-order valence-electron chi connectivity index (χ2n) is 14.3. The van der Waals surface area contributed by atoms with Crippen molar-refractivity contribution in [2.75, 3.05) is 19.0 Å². The number of rotatable bonds is 23. The predicted octanol–water partition coefficient (Wildman–Crippen LogP) is 11.3. The third-order valence-corrected chi connectivity index (χ3v) is 11.3. The molecule has 0 amide bonds. The number of carbonyl (C=O) groups excluding carboxylic acids is 2. The Morgan fingerprint density at radius 3 is 2.25 bits per heavy atom. The summed E-state index contributed by atoms with van der Waals surface area (Å²) < 4.78 is 11.0. The number of fused-ring (bicyclic) bond motifs is 1. The van der Waals surface area contributed by atoms with E-state index >= 15 is 0 Å². The van der Waals surface area contributed by atoms with Gasteiger partial charge in [0.15, 0.2) is 0 Å². The van der Waals surface area contributed by atoms with Crippen molar-refractivity contribution >= 4 is 34.9 Å². The minimum atomic E-state index is -0.297. The van der Waals surface area contributed by atoms with Crippen molar-refractivity contribution in [3.05, 3.63) is 86.8 Å². The summed E-state index contributed by atoms with van der Waals surface area (Å²) in [4.78, 5) is 30.1. The first kappa shape index (κ1) is 40.5. The van der Waals surface area contributed by atoms with Gasteiger partial charge in [0.1, 0.15) is 0 Å². The maximum Gasteiger partial charge on any atom is 0.336 e. The molecule has 4 rings (SSSR count). The molecule has 2 heterocycles. The molecule has 51 heavy (non-hydrogen) atoms. The van der Waals surface area contributed by atoms with Crippen LogP contribution in [0.1, 0.15) is 144 Å². The topological polar surface area (TPSA) is 77.0 Å². The fourth-order valence-electron chi connectivity index (χ4n) is 7.58. The van der Waals surface area contributed by atoms with Crippen LogP contribution in [0.2, 0.25) is 0 Å². The van der Waals surface area contributed by atoms with E-state index in [0.717, 1.165) is 52.5 Å². The van der Waals surface area contributed by atoms with E-state index in [4.69, 9.17) is 14.5 Å².